The molecule has 1 fully saturated rings. The van der Waals surface area contributed by atoms with Gasteiger partial charge in [0.15, 0.2) is 26.6 Å². The van der Waals surface area contributed by atoms with Gasteiger partial charge < -0.3 is 4.90 Å². The zero-order chi connectivity index (χ0) is 22.0. The Bertz CT molecular complexity index is 1240. The Morgan fingerprint density at radius 1 is 1.13 bits per heavy atom. The highest BCUT2D eigenvalue weighted by atomic mass is 32.2. The zero-order valence-electron chi connectivity index (χ0n) is 16.5. The Kier molecular flexibility index (Phi) is 6.03. The van der Waals surface area contributed by atoms with Crippen LogP contribution in [0.3, 0.4) is 0 Å². The van der Waals surface area contributed by atoms with Crippen molar-refractivity contribution in [1.82, 2.24) is 4.98 Å². The van der Waals surface area contributed by atoms with Crippen molar-refractivity contribution >= 4 is 26.3 Å². The molecule has 160 valence electrons. The first-order valence-electron chi connectivity index (χ1n) is 9.75. The van der Waals surface area contributed by atoms with Crippen LogP contribution in [0.5, 0.6) is 0 Å². The molecule has 9 heteroatoms. The number of thiazole rings is 1. The third-order valence-electron chi connectivity index (χ3n) is 5.37. The molecule has 0 bridgehead atoms. The molecule has 1 aromatic heterocycles. The molecule has 5 nitrogen and oxygen atoms in total. The van der Waals surface area contributed by atoms with E-state index in [1.807, 2.05) is 16.3 Å². The van der Waals surface area contributed by atoms with Crippen LogP contribution in [-0.2, 0) is 16.3 Å². The molecule has 1 saturated heterocycles. The lowest BCUT2D eigenvalue weighted by atomic mass is 10.1. The van der Waals surface area contributed by atoms with Crippen LogP contribution in [0.1, 0.15) is 29.7 Å². The van der Waals surface area contributed by atoms with E-state index in [0.29, 0.717) is 37.9 Å². The minimum absolute atomic E-state index is 0.0963. The van der Waals surface area contributed by atoms with Gasteiger partial charge in [-0.05, 0) is 42.7 Å². The lowest BCUT2D eigenvalue weighted by Gasteiger charge is -2.31. The smallest absolute Gasteiger partial charge is 0.185 e. The van der Waals surface area contributed by atoms with Crippen molar-refractivity contribution in [2.45, 2.75) is 29.4 Å². The lowest BCUT2D eigenvalue weighted by molar-refractivity contribution is 0.507. The third kappa shape index (κ3) is 4.45. The Balaban J connectivity index is 1.42. The summed E-state index contributed by atoms with van der Waals surface area (Å²) in [4.78, 5) is 6.73. The molecule has 0 radical (unpaired) electrons. The number of sulfone groups is 1. The molecule has 2 aromatic carbocycles. The van der Waals surface area contributed by atoms with Gasteiger partial charge in [-0.2, -0.15) is 5.26 Å². The summed E-state index contributed by atoms with van der Waals surface area (Å²) >= 11 is 1.45. The van der Waals surface area contributed by atoms with Crippen LogP contribution in [0.2, 0.25) is 0 Å². The molecule has 0 saturated carbocycles. The summed E-state index contributed by atoms with van der Waals surface area (Å²) in [5.41, 5.74) is 1.56. The van der Waals surface area contributed by atoms with Crippen molar-refractivity contribution in [2.75, 3.05) is 18.0 Å². The summed E-state index contributed by atoms with van der Waals surface area (Å²) < 4.78 is 52.6. The van der Waals surface area contributed by atoms with E-state index in [-0.39, 0.29) is 10.5 Å². The van der Waals surface area contributed by atoms with E-state index in [4.69, 9.17) is 0 Å². The summed E-state index contributed by atoms with van der Waals surface area (Å²) in [6.45, 7) is 1.08. The summed E-state index contributed by atoms with van der Waals surface area (Å²) in [5, 5.41) is 11.4. The van der Waals surface area contributed by atoms with Crippen LogP contribution in [0.4, 0.5) is 13.9 Å². The van der Waals surface area contributed by atoms with Crippen molar-refractivity contribution in [3.63, 3.8) is 0 Å². The van der Waals surface area contributed by atoms with Gasteiger partial charge in [-0.25, -0.2) is 22.2 Å². The van der Waals surface area contributed by atoms with Gasteiger partial charge >= 0.3 is 0 Å². The van der Waals surface area contributed by atoms with Gasteiger partial charge in [0.05, 0.1) is 21.4 Å². The van der Waals surface area contributed by atoms with E-state index in [1.165, 1.54) is 35.6 Å². The second-order valence-electron chi connectivity index (χ2n) is 7.39. The van der Waals surface area contributed by atoms with E-state index < -0.39 is 26.7 Å². The number of aromatic nitrogens is 1. The van der Waals surface area contributed by atoms with Crippen LogP contribution in [0.15, 0.2) is 52.7 Å². The van der Waals surface area contributed by atoms with Gasteiger partial charge in [-0.15, -0.1) is 11.3 Å². The van der Waals surface area contributed by atoms with Crippen LogP contribution >= 0.6 is 11.3 Å². The SMILES string of the molecule is N#Cc1ccccc1S(=O)(=O)C1CCN(c2nc(Cc3ccc(F)c(F)c3)cs2)CC1. The molecule has 0 aliphatic carbocycles. The molecule has 31 heavy (non-hydrogen) atoms. The average Bonchev–Trinajstić information content (AvgIpc) is 3.25. The fourth-order valence-corrected chi connectivity index (χ4v) is 6.48. The minimum atomic E-state index is -3.59. The fourth-order valence-electron chi connectivity index (χ4n) is 3.73. The fraction of sp³-hybridized carbons (Fsp3) is 0.273. The quantitative estimate of drug-likeness (QED) is 0.568. The van der Waals surface area contributed by atoms with Gasteiger partial charge in [0.1, 0.15) is 6.07 Å². The number of nitrogens with zero attached hydrogens (tertiary/aromatic N) is 3. The maximum atomic E-state index is 13.4. The summed E-state index contributed by atoms with van der Waals surface area (Å²) in [7, 11) is -3.59. The van der Waals surface area contributed by atoms with E-state index in [1.54, 1.807) is 12.1 Å². The predicted molar refractivity (Wildman–Crippen MR) is 115 cm³/mol. The van der Waals surface area contributed by atoms with Crippen LogP contribution in [0.25, 0.3) is 0 Å². The minimum Gasteiger partial charge on any atom is -0.348 e. The predicted octanol–water partition coefficient (Wildman–Crippen LogP) is 4.33. The maximum absolute atomic E-state index is 13.4. The molecule has 1 aliphatic heterocycles. The largest absolute Gasteiger partial charge is 0.348 e. The highest BCUT2D eigenvalue weighted by Crippen LogP contribution is 2.30. The second kappa shape index (κ2) is 8.73. The monoisotopic (exact) mass is 459 g/mol. The number of piperidine rings is 1. The van der Waals surface area contributed by atoms with Gasteiger partial charge in [0, 0.05) is 24.9 Å². The molecule has 0 amide bonds. The number of anilines is 1. The maximum Gasteiger partial charge on any atom is 0.185 e. The number of nitriles is 1. The van der Waals surface area contributed by atoms with E-state index >= 15 is 0 Å². The molecule has 3 aromatic rings. The third-order valence-corrected chi connectivity index (χ3v) is 8.64. The first-order chi connectivity index (χ1) is 14.9. The first kappa shape index (κ1) is 21.4. The number of benzene rings is 2. The number of rotatable bonds is 5. The molecular weight excluding hydrogens is 440 g/mol. The van der Waals surface area contributed by atoms with E-state index in [9.17, 15) is 22.5 Å². The van der Waals surface area contributed by atoms with Crippen molar-refractivity contribution in [2.24, 2.45) is 0 Å². The summed E-state index contributed by atoms with van der Waals surface area (Å²) in [6.07, 6.45) is 1.28. The summed E-state index contributed by atoms with van der Waals surface area (Å²) in [6, 6.07) is 12.1. The van der Waals surface area contributed by atoms with Crippen molar-refractivity contribution in [3.8, 4) is 6.07 Å². The standard InChI is InChI=1S/C22H19F2N3O2S2/c23-19-6-5-15(12-20(19)24)11-17-14-30-22(26-17)27-9-7-18(8-10-27)31(28,29)21-4-2-1-3-16(21)13-25/h1-6,12,14,18H,7-11H2. The lowest BCUT2D eigenvalue weighted by Crippen LogP contribution is -2.39. The van der Waals surface area contributed by atoms with E-state index in [0.717, 1.165) is 16.9 Å². The normalized spacial score (nSPS) is 15.1. The highest BCUT2D eigenvalue weighted by Gasteiger charge is 2.33. The second-order valence-corrected chi connectivity index (χ2v) is 10.4. The Morgan fingerprint density at radius 3 is 2.58 bits per heavy atom. The van der Waals surface area contributed by atoms with Crippen molar-refractivity contribution < 1.29 is 17.2 Å². The molecule has 2 heterocycles. The molecule has 0 N–H and O–H groups in total. The molecular formula is C22H19F2N3O2S2. The molecule has 0 atom stereocenters. The zero-order valence-corrected chi connectivity index (χ0v) is 18.1. The van der Waals surface area contributed by atoms with Crippen LogP contribution in [0, 0.1) is 23.0 Å². The van der Waals surface area contributed by atoms with Crippen molar-refractivity contribution in [3.05, 3.63) is 76.3 Å². The Morgan fingerprint density at radius 2 is 1.87 bits per heavy atom. The van der Waals surface area contributed by atoms with Crippen LogP contribution in [-0.4, -0.2) is 31.7 Å². The van der Waals surface area contributed by atoms with Gasteiger partial charge in [0.2, 0.25) is 0 Å². The number of hydrogen-bond donors (Lipinski definition) is 0. The molecule has 0 unspecified atom stereocenters. The highest BCUT2D eigenvalue weighted by molar-refractivity contribution is 7.92. The van der Waals surface area contributed by atoms with Gasteiger partial charge in [0.25, 0.3) is 0 Å². The summed E-state index contributed by atoms with van der Waals surface area (Å²) in [5.74, 6) is -1.76. The van der Waals surface area contributed by atoms with Crippen molar-refractivity contribution in [1.29, 1.82) is 5.26 Å². The Hall–Kier alpha value is -2.83. The Labute approximate surface area is 183 Å². The molecule has 1 aliphatic rings. The van der Waals surface area contributed by atoms with Crippen LogP contribution < -0.4 is 4.90 Å². The topological polar surface area (TPSA) is 74.1 Å². The van der Waals surface area contributed by atoms with E-state index in [2.05, 4.69) is 4.98 Å². The van der Waals surface area contributed by atoms with Gasteiger partial charge in [-0.1, -0.05) is 18.2 Å². The number of halogens is 2. The molecule has 0 spiro atoms. The van der Waals surface area contributed by atoms with Gasteiger partial charge in [-0.3, -0.25) is 0 Å². The average molecular weight is 460 g/mol. The molecule has 4 rings (SSSR count). The number of hydrogen-bond acceptors (Lipinski definition) is 6. The first-order valence-corrected chi connectivity index (χ1v) is 12.2.